The smallest absolute Gasteiger partial charge is 0.432 e. The average Bonchev–Trinajstić information content (AvgIpc) is 1.28. The van der Waals surface area contributed by atoms with Crippen LogP contribution in [-0.2, 0) is 78.7 Å². The normalized spacial score (nSPS) is 19.6. The number of ether oxygens (including phenoxy) is 8. The van der Waals surface area contributed by atoms with Gasteiger partial charge in [0.1, 0.15) is 30.2 Å². The number of carbonyl (C=O) groups is 5. The molecule has 1 fully saturated rings. The molecule has 0 spiro atoms. The van der Waals surface area contributed by atoms with Crippen molar-refractivity contribution >= 4 is 29.7 Å². The number of Topliss-reactive ketones (excluding diaryl/α,β-unsaturated/α-hetero) is 1. The molecule has 0 N–H and O–H groups in total. The number of unbranched alkanes of at least 4 members (excludes halogenated alkanes) is 12. The van der Waals surface area contributed by atoms with E-state index >= 15 is 26.3 Å². The van der Waals surface area contributed by atoms with Gasteiger partial charge < -0.3 is 37.9 Å². The average molecular weight is 1240 g/mol. The summed E-state index contributed by atoms with van der Waals surface area (Å²) >= 11 is 0. The molecule has 22 heteroatoms. The highest BCUT2D eigenvalue weighted by Crippen LogP contribution is 2.47. The largest absolute Gasteiger partial charge is 0.459 e. The van der Waals surface area contributed by atoms with Crippen molar-refractivity contribution in [3.05, 3.63) is 119 Å². The second-order valence-corrected chi connectivity index (χ2v) is 22.3. The maximum atomic E-state index is 15.2. The summed E-state index contributed by atoms with van der Waals surface area (Å²) in [6.07, 6.45) is -10.9. The molecule has 2 heterocycles. The predicted molar refractivity (Wildman–Crippen MR) is 302 cm³/mol. The van der Waals surface area contributed by atoms with Crippen LogP contribution in [0.5, 0.6) is 0 Å². The molecule has 0 aromatic heterocycles. The van der Waals surface area contributed by atoms with Crippen LogP contribution in [0.3, 0.4) is 0 Å². The Labute approximate surface area is 503 Å². The fraction of sp³-hybridized carbons (Fsp3) is 0.615. The minimum atomic E-state index is -5.35. The third kappa shape index (κ3) is 18.6. The van der Waals surface area contributed by atoms with Gasteiger partial charge in [0, 0.05) is 62.9 Å². The summed E-state index contributed by atoms with van der Waals surface area (Å²) < 4.78 is 179. The first kappa shape index (κ1) is 71.9. The van der Waals surface area contributed by atoms with Crippen LogP contribution in [0.1, 0.15) is 178 Å². The number of hydrogen-bond acceptors (Lipinski definition) is 13. The van der Waals surface area contributed by atoms with E-state index in [2.05, 4.69) is 6.92 Å². The molecule has 3 aromatic rings. The summed E-state index contributed by atoms with van der Waals surface area (Å²) in [6, 6.07) is 18.7. The molecule has 1 saturated heterocycles. The quantitative estimate of drug-likeness (QED) is 0.0231. The molecule has 9 atom stereocenters. The van der Waals surface area contributed by atoms with E-state index in [-0.39, 0.29) is 88.4 Å². The first-order chi connectivity index (χ1) is 41.4. The fourth-order valence-corrected chi connectivity index (χ4v) is 11.4. The number of benzene rings is 3. The van der Waals surface area contributed by atoms with Gasteiger partial charge in [0.2, 0.25) is 0 Å². The lowest BCUT2D eigenvalue weighted by Crippen LogP contribution is -2.53. The number of ketones is 1. The SMILES string of the molecule is CCCCCCCCCCCC[C@@H](OC(=O)[C@](OC)(c1ccccc1)C(F)(F)F)[C@H]1CC[C@H]([C@@H](CCCCCC(=O)CCCC[C@H](CC2=C[C@H](C)OC2=O)OC(=O)[C@](OC)(c2ccccc2)C(F)(F)F)OC(=O)[C@](OC)(c2ccccc2)C(F)(F)F)O1. The Morgan fingerprint density at radius 3 is 1.20 bits per heavy atom. The second kappa shape index (κ2) is 33.7. The van der Waals surface area contributed by atoms with Crippen molar-refractivity contribution in [1.82, 2.24) is 0 Å². The zero-order valence-corrected chi connectivity index (χ0v) is 50.2. The summed E-state index contributed by atoms with van der Waals surface area (Å²) in [6.45, 7) is 3.72. The number of methoxy groups -OCH3 is 3. The molecule has 2 aliphatic heterocycles. The van der Waals surface area contributed by atoms with Crippen LogP contribution in [0.4, 0.5) is 39.5 Å². The third-order valence-electron chi connectivity index (χ3n) is 16.2. The van der Waals surface area contributed by atoms with Crippen molar-refractivity contribution in [1.29, 1.82) is 0 Å². The van der Waals surface area contributed by atoms with Crippen molar-refractivity contribution in [2.24, 2.45) is 0 Å². The minimum Gasteiger partial charge on any atom is -0.459 e. The Bertz CT molecular complexity index is 2640. The molecule has 5 rings (SSSR count). The van der Waals surface area contributed by atoms with Gasteiger partial charge in [-0.15, -0.1) is 0 Å². The zero-order chi connectivity index (χ0) is 63.9. The number of alkyl halides is 9. The van der Waals surface area contributed by atoms with Crippen molar-refractivity contribution in [3.63, 3.8) is 0 Å². The lowest BCUT2D eigenvalue weighted by molar-refractivity contribution is -0.281. The molecule has 0 unspecified atom stereocenters. The van der Waals surface area contributed by atoms with E-state index in [0.29, 0.717) is 19.3 Å². The molecular weight excluding hydrogens is 1160 g/mol. The number of cyclic esters (lactones) is 1. The Hall–Kier alpha value is -5.84. The highest BCUT2D eigenvalue weighted by atomic mass is 19.4. The van der Waals surface area contributed by atoms with Crippen LogP contribution in [0.25, 0.3) is 0 Å². The molecule has 0 saturated carbocycles. The van der Waals surface area contributed by atoms with E-state index in [1.54, 1.807) is 6.92 Å². The molecule has 0 aliphatic carbocycles. The predicted octanol–water partition coefficient (Wildman–Crippen LogP) is 15.2. The maximum Gasteiger partial charge on any atom is 0.432 e. The number of hydrogen-bond donors (Lipinski definition) is 0. The van der Waals surface area contributed by atoms with Gasteiger partial charge in [-0.1, -0.05) is 162 Å². The number of esters is 4. The Kier molecular flexibility index (Phi) is 27.8. The zero-order valence-electron chi connectivity index (χ0n) is 50.2. The van der Waals surface area contributed by atoms with Gasteiger partial charge in [0.25, 0.3) is 16.8 Å². The van der Waals surface area contributed by atoms with E-state index in [1.807, 2.05) is 0 Å². The summed E-state index contributed by atoms with van der Waals surface area (Å²) in [5.41, 5.74) is -12.1. The molecule has 13 nitrogen and oxygen atoms in total. The summed E-state index contributed by atoms with van der Waals surface area (Å²) in [5.74, 6) is -6.22. The Morgan fingerprint density at radius 2 is 0.839 bits per heavy atom. The molecule has 484 valence electrons. The van der Waals surface area contributed by atoms with Crippen molar-refractivity contribution in [2.45, 2.75) is 233 Å². The summed E-state index contributed by atoms with van der Waals surface area (Å²) in [5, 5.41) is 0. The number of carbonyl (C=O) groups excluding carboxylic acids is 5. The standard InChI is InChI=1S/C65H83F9O13/c1-6-7-8-9-10-11-12-13-14-26-39-52(86-58(78)61(81-4,64(69,70)71)48-32-21-16-22-33-48)54-41-42-55(85-54)53(87-59(79)62(82-5,65(72,73)74)49-34-23-17-24-35-49)40-27-18-25-36-50(75)37-28-29-38-51(44-46-43-45(2)83-56(46)76)84-57(77)60(80-3,63(66,67)68)47-30-19-15-20-31-47/h15-17,19-24,30-35,43,45,51-55H,6-14,18,25-29,36-42,44H2,1-5H3/t45-,51+,52+,53+,54+,55+,60+,61+,62+/m0/s1. The fourth-order valence-electron chi connectivity index (χ4n) is 11.4. The molecular formula is C65H83F9O13. The van der Waals surface area contributed by atoms with Crippen LogP contribution in [0.15, 0.2) is 103 Å². The van der Waals surface area contributed by atoms with E-state index in [9.17, 15) is 37.1 Å². The molecule has 2 aliphatic rings. The number of halogens is 9. The van der Waals surface area contributed by atoms with Crippen LogP contribution < -0.4 is 0 Å². The first-order valence-corrected chi connectivity index (χ1v) is 30.1. The van der Waals surface area contributed by atoms with Crippen LogP contribution in [-0.4, -0.2) is 106 Å². The van der Waals surface area contributed by atoms with Crippen LogP contribution >= 0.6 is 0 Å². The topological polar surface area (TPSA) is 159 Å². The van der Waals surface area contributed by atoms with Gasteiger partial charge in [0.15, 0.2) is 0 Å². The van der Waals surface area contributed by atoms with Crippen LogP contribution in [0, 0.1) is 0 Å². The van der Waals surface area contributed by atoms with Crippen molar-refractivity contribution < 1.29 is 101 Å². The molecule has 0 amide bonds. The highest BCUT2D eigenvalue weighted by molar-refractivity contribution is 5.91. The molecule has 0 bridgehead atoms. The second-order valence-electron chi connectivity index (χ2n) is 22.3. The van der Waals surface area contributed by atoms with Gasteiger partial charge >= 0.3 is 42.4 Å². The molecule has 3 aromatic carbocycles. The maximum absolute atomic E-state index is 15.2. The first-order valence-electron chi connectivity index (χ1n) is 30.1. The molecule has 0 radical (unpaired) electrons. The third-order valence-corrected chi connectivity index (χ3v) is 16.2. The lowest BCUT2D eigenvalue weighted by Gasteiger charge is -2.36. The monoisotopic (exact) mass is 1240 g/mol. The van der Waals surface area contributed by atoms with E-state index in [0.717, 1.165) is 109 Å². The van der Waals surface area contributed by atoms with Gasteiger partial charge in [0.05, 0.1) is 12.2 Å². The molecule has 87 heavy (non-hydrogen) atoms. The van der Waals surface area contributed by atoms with E-state index in [4.69, 9.17) is 37.9 Å². The lowest BCUT2D eigenvalue weighted by atomic mass is 9.92. The summed E-state index contributed by atoms with van der Waals surface area (Å²) in [7, 11) is 2.20. The van der Waals surface area contributed by atoms with Gasteiger partial charge in [-0.2, -0.15) is 39.5 Å². The summed E-state index contributed by atoms with van der Waals surface area (Å²) in [4.78, 5) is 67.7. The highest BCUT2D eigenvalue weighted by Gasteiger charge is 2.67. The van der Waals surface area contributed by atoms with Crippen LogP contribution in [0.2, 0.25) is 0 Å². The van der Waals surface area contributed by atoms with Gasteiger partial charge in [-0.05, 0) is 77.2 Å². The Balaban J connectivity index is 1.29. The van der Waals surface area contributed by atoms with E-state index < -0.39 is 113 Å². The number of rotatable bonds is 38. The Morgan fingerprint density at radius 1 is 0.494 bits per heavy atom. The minimum absolute atomic E-state index is 0.00919. The van der Waals surface area contributed by atoms with Gasteiger partial charge in [-0.3, -0.25) is 4.79 Å². The van der Waals surface area contributed by atoms with Crippen molar-refractivity contribution in [3.8, 4) is 0 Å². The van der Waals surface area contributed by atoms with Crippen molar-refractivity contribution in [2.75, 3.05) is 21.3 Å². The van der Waals surface area contributed by atoms with Gasteiger partial charge in [-0.25, -0.2) is 19.2 Å². The van der Waals surface area contributed by atoms with E-state index in [1.165, 1.54) is 60.7 Å².